The lowest BCUT2D eigenvalue weighted by Crippen LogP contribution is -2.67. The quantitative estimate of drug-likeness (QED) is 0.158. The van der Waals surface area contributed by atoms with Crippen LogP contribution >= 0.6 is 0 Å². The number of H-pyrrole nitrogens is 1. The van der Waals surface area contributed by atoms with Crippen LogP contribution in [0.15, 0.2) is 47.5 Å². The third-order valence-electron chi connectivity index (χ3n) is 19.0. The van der Waals surface area contributed by atoms with Crippen LogP contribution in [0.2, 0.25) is 0 Å². The minimum absolute atomic E-state index is 0.00380. The fourth-order valence-electron chi connectivity index (χ4n) is 15.1. The molecule has 10 nitrogen and oxygen atoms in total. The summed E-state index contributed by atoms with van der Waals surface area (Å²) in [5.41, 5.74) is 1.21. The van der Waals surface area contributed by atoms with Crippen LogP contribution in [0.5, 0.6) is 0 Å². The minimum atomic E-state index is -1.04. The summed E-state index contributed by atoms with van der Waals surface area (Å²) in [5.74, 6) is -1.34. The molecule has 5 saturated carbocycles. The summed E-state index contributed by atoms with van der Waals surface area (Å²) in [4.78, 5) is 68.1. The van der Waals surface area contributed by atoms with Gasteiger partial charge in [-0.25, -0.2) is 0 Å². The molecular weight excluding hydrogens is 779 g/mol. The van der Waals surface area contributed by atoms with E-state index in [9.17, 15) is 29.1 Å². The molecule has 3 N–H and O–H groups in total. The Bertz CT molecular complexity index is 2220. The number of nitrogens with zero attached hydrogens (tertiary/aromatic N) is 1. The Hall–Kier alpha value is -4.08. The van der Waals surface area contributed by atoms with Crippen LogP contribution in [0.4, 0.5) is 0 Å². The van der Waals surface area contributed by atoms with Crippen molar-refractivity contribution in [2.75, 3.05) is 0 Å². The third kappa shape index (κ3) is 6.51. The highest BCUT2D eigenvalue weighted by molar-refractivity contribution is 6.03. The van der Waals surface area contributed by atoms with Gasteiger partial charge in [0.15, 0.2) is 11.6 Å². The van der Waals surface area contributed by atoms with E-state index in [1.54, 1.807) is 6.07 Å². The predicted molar refractivity (Wildman–Crippen MR) is 238 cm³/mol. The van der Waals surface area contributed by atoms with Crippen LogP contribution in [-0.2, 0) is 23.9 Å². The number of rotatable bonds is 10. The largest absolute Gasteiger partial charge is 0.481 e. The van der Waals surface area contributed by atoms with Gasteiger partial charge in [-0.3, -0.25) is 29.1 Å². The van der Waals surface area contributed by atoms with Gasteiger partial charge in [-0.2, -0.15) is 5.10 Å². The lowest BCUT2D eigenvalue weighted by atomic mass is 9.33. The molecule has 6 aliphatic rings. The molecule has 10 atom stereocenters. The van der Waals surface area contributed by atoms with Gasteiger partial charge < -0.3 is 15.2 Å². The molecule has 0 spiro atoms. The standard InChI is InChI=1S/C52H71N3O7/c1-29(2)41-37(57)28-52(53-45(61)46(3,4)27-36(56)35-26-34(54-55-35)30-15-13-12-14-16-30)24-23-50(10)31(42(41)52)17-18-39-49(9)21-20-40(48(7,8)38(49)19-22-51(39,50)11)62-44(60)33-25-32(43(58)59)47(33,5)6/h12-16,26,29,31-33,38-40H,17-25,27-28H2,1-11H3,(H,53,61)(H,54,55)(H,58,59)/t31-,32+,33-,38+,39-,40+,49+,50-,51-,52-/m1/s1. The maximum absolute atomic E-state index is 14.6. The van der Waals surface area contributed by atoms with Crippen LogP contribution in [0.1, 0.15) is 157 Å². The molecule has 0 aliphatic heterocycles. The monoisotopic (exact) mass is 850 g/mol. The molecule has 10 heteroatoms. The highest BCUT2D eigenvalue weighted by Crippen LogP contribution is 2.76. The number of nitrogens with one attached hydrogen (secondary N) is 2. The molecule has 0 saturated heterocycles. The fraction of sp³-hybridized carbons (Fsp3) is 0.692. The number of aliphatic carboxylic acids is 1. The number of carbonyl (C=O) groups excluding carboxylic acids is 4. The van der Waals surface area contributed by atoms with E-state index in [0.29, 0.717) is 36.1 Å². The molecule has 1 aromatic heterocycles. The van der Waals surface area contributed by atoms with Gasteiger partial charge in [0.2, 0.25) is 5.91 Å². The number of ketones is 2. The zero-order chi connectivity index (χ0) is 45.2. The number of carboxylic acids is 1. The highest BCUT2D eigenvalue weighted by atomic mass is 16.5. The van der Waals surface area contributed by atoms with Crippen LogP contribution in [0, 0.1) is 68.0 Å². The number of ether oxygens (including phenoxy) is 1. The molecule has 0 unspecified atom stereocenters. The summed E-state index contributed by atoms with van der Waals surface area (Å²) in [6.45, 7) is 23.8. The van der Waals surface area contributed by atoms with Crippen molar-refractivity contribution in [3.63, 3.8) is 0 Å². The zero-order valence-electron chi connectivity index (χ0n) is 39.1. The molecule has 1 aromatic carbocycles. The van der Waals surface area contributed by atoms with E-state index in [2.05, 4.69) is 64.0 Å². The number of hydrogen-bond donors (Lipinski definition) is 3. The number of aromatic amines is 1. The van der Waals surface area contributed by atoms with Crippen molar-refractivity contribution in [1.29, 1.82) is 0 Å². The first kappa shape index (κ1) is 44.5. The number of hydrogen-bond acceptors (Lipinski definition) is 7. The average molecular weight is 850 g/mol. The van der Waals surface area contributed by atoms with Gasteiger partial charge >= 0.3 is 11.9 Å². The Labute approximate surface area is 368 Å². The summed E-state index contributed by atoms with van der Waals surface area (Å²) in [6.07, 6.45) is 7.72. The Morgan fingerprint density at radius 1 is 0.871 bits per heavy atom. The minimum Gasteiger partial charge on any atom is -0.481 e. The van der Waals surface area contributed by atoms with Gasteiger partial charge in [0.1, 0.15) is 11.8 Å². The second-order valence-corrected chi connectivity index (χ2v) is 23.5. The van der Waals surface area contributed by atoms with Crippen molar-refractivity contribution >= 4 is 29.4 Å². The summed E-state index contributed by atoms with van der Waals surface area (Å²) >= 11 is 0. The molecule has 0 bridgehead atoms. The number of Topliss-reactive ketones (excluding diaryl/α,β-unsaturated/α-hetero) is 2. The number of allylic oxidation sites excluding steroid dienone is 1. The summed E-state index contributed by atoms with van der Waals surface area (Å²) < 4.78 is 6.43. The summed E-state index contributed by atoms with van der Waals surface area (Å²) in [7, 11) is 0. The molecule has 62 heavy (non-hydrogen) atoms. The van der Waals surface area contributed by atoms with Crippen molar-refractivity contribution in [3.8, 4) is 11.3 Å². The summed E-state index contributed by atoms with van der Waals surface area (Å²) in [6, 6.07) is 11.4. The maximum Gasteiger partial charge on any atom is 0.309 e. The van der Waals surface area contributed by atoms with E-state index in [4.69, 9.17) is 4.74 Å². The Morgan fingerprint density at radius 3 is 2.21 bits per heavy atom. The topological polar surface area (TPSA) is 156 Å². The smallest absolute Gasteiger partial charge is 0.309 e. The van der Waals surface area contributed by atoms with E-state index < -0.39 is 34.2 Å². The maximum atomic E-state index is 14.6. The van der Waals surface area contributed by atoms with Gasteiger partial charge in [-0.05, 0) is 120 Å². The molecule has 6 aliphatic carbocycles. The van der Waals surface area contributed by atoms with E-state index in [1.807, 2.05) is 58.0 Å². The number of aromatic nitrogens is 2. The molecule has 1 heterocycles. The van der Waals surface area contributed by atoms with Crippen molar-refractivity contribution in [2.24, 2.45) is 68.0 Å². The van der Waals surface area contributed by atoms with Gasteiger partial charge in [0.25, 0.3) is 0 Å². The number of carboxylic acid groups (broad SMARTS) is 1. The van der Waals surface area contributed by atoms with E-state index in [0.717, 1.165) is 61.7 Å². The first-order valence-corrected chi connectivity index (χ1v) is 23.5. The van der Waals surface area contributed by atoms with Crippen molar-refractivity contribution in [1.82, 2.24) is 15.5 Å². The lowest BCUT2D eigenvalue weighted by Gasteiger charge is -2.72. The molecule has 5 fully saturated rings. The molecular formula is C52H71N3O7. The number of carbonyl (C=O) groups is 5. The first-order chi connectivity index (χ1) is 28.8. The predicted octanol–water partition coefficient (Wildman–Crippen LogP) is 10.2. The molecule has 8 rings (SSSR count). The van der Waals surface area contributed by atoms with Crippen molar-refractivity contribution < 1.29 is 33.8 Å². The molecule has 2 aromatic rings. The van der Waals surface area contributed by atoms with Crippen molar-refractivity contribution in [3.05, 3.63) is 53.2 Å². The van der Waals surface area contributed by atoms with E-state index in [-0.39, 0.29) is 75.9 Å². The average Bonchev–Trinajstić information content (AvgIpc) is 3.79. The number of benzene rings is 1. The van der Waals surface area contributed by atoms with Crippen LogP contribution < -0.4 is 5.32 Å². The van der Waals surface area contributed by atoms with Crippen LogP contribution in [0.25, 0.3) is 11.3 Å². The van der Waals surface area contributed by atoms with Gasteiger partial charge in [-0.1, -0.05) is 106 Å². The van der Waals surface area contributed by atoms with Gasteiger partial charge in [-0.15, -0.1) is 0 Å². The van der Waals surface area contributed by atoms with Crippen LogP contribution in [0.3, 0.4) is 0 Å². The fourth-order valence-corrected chi connectivity index (χ4v) is 15.1. The lowest BCUT2D eigenvalue weighted by molar-refractivity contribution is -0.235. The number of esters is 1. The number of fused-ring (bicyclic) bond motifs is 7. The summed E-state index contributed by atoms with van der Waals surface area (Å²) in [5, 5.41) is 20.5. The van der Waals surface area contributed by atoms with E-state index in [1.165, 1.54) is 0 Å². The van der Waals surface area contributed by atoms with Gasteiger partial charge in [0, 0.05) is 23.8 Å². The third-order valence-corrected chi connectivity index (χ3v) is 19.0. The van der Waals surface area contributed by atoms with E-state index >= 15 is 0 Å². The SMILES string of the molecule is CC(C)C1=C2[C@H]3CC[C@@H]4[C@@]5(C)CC[C@H](OC(=O)[C@H]6C[C@@H](C(=O)O)C6(C)C)C(C)(C)[C@@H]5CC[C@@]4(C)[C@]3(C)CC[C@@]2(NC(=O)C(C)(C)CC(=O)c2cc(-c3ccccc3)n[nH]2)CC1=O. The Kier molecular flexibility index (Phi) is 10.6. The normalized spacial score (nSPS) is 37.0. The Balaban J connectivity index is 1.02. The molecule has 0 radical (unpaired) electrons. The van der Waals surface area contributed by atoms with Crippen LogP contribution in [-0.4, -0.2) is 56.4 Å². The van der Waals surface area contributed by atoms with Crippen molar-refractivity contribution in [2.45, 2.75) is 158 Å². The number of amides is 1. The Morgan fingerprint density at radius 2 is 1.56 bits per heavy atom. The molecule has 1 amide bonds. The highest BCUT2D eigenvalue weighted by Gasteiger charge is 2.71. The first-order valence-electron chi connectivity index (χ1n) is 23.5. The second-order valence-electron chi connectivity index (χ2n) is 23.5. The zero-order valence-corrected chi connectivity index (χ0v) is 39.1. The molecule has 336 valence electrons. The van der Waals surface area contributed by atoms with Gasteiger partial charge in [0.05, 0.1) is 28.5 Å². The second kappa shape index (κ2) is 14.7.